The van der Waals surface area contributed by atoms with Gasteiger partial charge in [-0.2, -0.15) is 5.26 Å². The highest BCUT2D eigenvalue weighted by Gasteiger charge is 2.27. The molecule has 0 aliphatic rings. The number of benzene rings is 2. The van der Waals surface area contributed by atoms with Crippen LogP contribution in [0.25, 0.3) is 33.3 Å². The molecule has 1 atom stereocenters. The first kappa shape index (κ1) is 28.6. The van der Waals surface area contributed by atoms with Gasteiger partial charge >= 0.3 is 0 Å². The largest absolute Gasteiger partial charge is 0.496 e. The molecule has 0 radical (unpaired) electrons. The number of aromatic nitrogens is 2. The lowest BCUT2D eigenvalue weighted by Gasteiger charge is -2.15. The van der Waals surface area contributed by atoms with Crippen LogP contribution in [-0.2, 0) is 11.8 Å². The molecule has 2 heterocycles. The standard InChI is InChI=1S/C28H22F4N6O3/c1-4-20(39)36-15-6-8-16(18(29)10-15)24-21(22-23(38(24)2)14(11-33)12-35-27(22)34)13-5-7-17(19(9-13)41-3)28(40)37-26(32)25(30)31/h4-10,12,25-26H,1H2,2-3H3,(H2,34,35)(H,36,39)(H,37,40). The zero-order valence-corrected chi connectivity index (χ0v) is 21.6. The SMILES string of the molecule is C=CC(=O)Nc1ccc(-c2c(-c3ccc(C(=O)NC(F)C(F)F)c(OC)c3)c3c(N)ncc(C#N)c3n2C)c(F)c1. The molecule has 4 N–H and O–H groups in total. The molecule has 9 nitrogen and oxygen atoms in total. The second-order valence-electron chi connectivity index (χ2n) is 8.69. The van der Waals surface area contributed by atoms with Gasteiger partial charge in [-0.3, -0.25) is 9.59 Å². The van der Waals surface area contributed by atoms with Gasteiger partial charge < -0.3 is 25.7 Å². The first-order chi connectivity index (χ1) is 19.5. The number of alkyl halides is 3. The Labute approximate surface area is 230 Å². The van der Waals surface area contributed by atoms with Crippen molar-refractivity contribution in [2.45, 2.75) is 12.7 Å². The lowest BCUT2D eigenvalue weighted by Crippen LogP contribution is -2.36. The molecule has 2 aromatic carbocycles. The van der Waals surface area contributed by atoms with E-state index in [1.807, 2.05) is 6.07 Å². The molecule has 210 valence electrons. The van der Waals surface area contributed by atoms with Gasteiger partial charge in [0, 0.05) is 30.1 Å². The molecule has 0 saturated carbocycles. The summed E-state index contributed by atoms with van der Waals surface area (Å²) in [6.07, 6.45) is -4.02. The second-order valence-corrected chi connectivity index (χ2v) is 8.69. The second kappa shape index (κ2) is 11.4. The average molecular weight is 567 g/mol. The topological polar surface area (TPSA) is 135 Å². The zero-order valence-electron chi connectivity index (χ0n) is 21.6. The zero-order chi connectivity index (χ0) is 30.0. The van der Waals surface area contributed by atoms with E-state index in [1.165, 1.54) is 43.6 Å². The van der Waals surface area contributed by atoms with Gasteiger partial charge in [0.25, 0.3) is 12.3 Å². The first-order valence-electron chi connectivity index (χ1n) is 11.8. The summed E-state index contributed by atoms with van der Waals surface area (Å²) in [5.41, 5.74) is 7.63. The molecule has 4 aromatic rings. The number of carbonyl (C=O) groups is 2. The number of anilines is 2. The maximum atomic E-state index is 15.6. The number of nitrogens with two attached hydrogens (primary N) is 1. The van der Waals surface area contributed by atoms with E-state index >= 15 is 4.39 Å². The summed E-state index contributed by atoms with van der Waals surface area (Å²) >= 11 is 0. The fourth-order valence-corrected chi connectivity index (χ4v) is 4.47. The summed E-state index contributed by atoms with van der Waals surface area (Å²) in [4.78, 5) is 28.3. The maximum absolute atomic E-state index is 15.6. The first-order valence-corrected chi connectivity index (χ1v) is 11.8. The predicted octanol–water partition coefficient (Wildman–Crippen LogP) is 4.92. The number of nitrogens with zero attached hydrogens (tertiary/aromatic N) is 3. The molecule has 0 bridgehead atoms. The smallest absolute Gasteiger partial charge is 0.287 e. The van der Waals surface area contributed by atoms with Crippen LogP contribution in [0.4, 0.5) is 29.1 Å². The highest BCUT2D eigenvalue weighted by Crippen LogP contribution is 2.45. The number of fused-ring (bicyclic) bond motifs is 1. The normalized spacial score (nSPS) is 11.7. The Hall–Kier alpha value is -5.38. The predicted molar refractivity (Wildman–Crippen MR) is 144 cm³/mol. The van der Waals surface area contributed by atoms with Gasteiger partial charge in [0.15, 0.2) is 0 Å². The van der Waals surface area contributed by atoms with Gasteiger partial charge in [-0.15, -0.1) is 0 Å². The molecule has 0 aliphatic heterocycles. The Morgan fingerprint density at radius 2 is 1.95 bits per heavy atom. The number of halogens is 4. The van der Waals surface area contributed by atoms with Gasteiger partial charge in [-0.25, -0.2) is 22.5 Å². The van der Waals surface area contributed by atoms with E-state index in [9.17, 15) is 28.0 Å². The van der Waals surface area contributed by atoms with Crippen molar-refractivity contribution in [2.24, 2.45) is 7.05 Å². The number of aryl methyl sites for hydroxylation is 1. The van der Waals surface area contributed by atoms with Crippen LogP contribution in [0.2, 0.25) is 0 Å². The summed E-state index contributed by atoms with van der Waals surface area (Å²) in [5, 5.41) is 14.1. The summed E-state index contributed by atoms with van der Waals surface area (Å²) in [5.74, 6) is -2.49. The molecule has 2 amide bonds. The number of pyridine rings is 1. The molecule has 2 aromatic heterocycles. The number of amides is 2. The highest BCUT2D eigenvalue weighted by molar-refractivity contribution is 6.11. The van der Waals surface area contributed by atoms with Crippen molar-refractivity contribution < 1.29 is 31.9 Å². The highest BCUT2D eigenvalue weighted by atomic mass is 19.3. The van der Waals surface area contributed by atoms with Crippen molar-refractivity contribution in [2.75, 3.05) is 18.2 Å². The molecular formula is C28H22F4N6O3. The van der Waals surface area contributed by atoms with Crippen LogP contribution in [0, 0.1) is 17.1 Å². The van der Waals surface area contributed by atoms with E-state index in [2.05, 4.69) is 16.9 Å². The summed E-state index contributed by atoms with van der Waals surface area (Å²) in [6.45, 7) is 3.36. The third-order valence-corrected chi connectivity index (χ3v) is 6.26. The molecule has 41 heavy (non-hydrogen) atoms. The van der Waals surface area contributed by atoms with Crippen molar-refractivity contribution in [3.05, 3.63) is 72.2 Å². The fourth-order valence-electron chi connectivity index (χ4n) is 4.47. The fraction of sp³-hybridized carbons (Fsp3) is 0.143. The van der Waals surface area contributed by atoms with Crippen LogP contribution >= 0.6 is 0 Å². The van der Waals surface area contributed by atoms with E-state index in [0.29, 0.717) is 22.0 Å². The molecule has 0 saturated heterocycles. The molecule has 0 aliphatic carbocycles. The molecular weight excluding hydrogens is 544 g/mol. The number of nitrogens with one attached hydrogen (secondary N) is 2. The number of ether oxygens (including phenoxy) is 1. The lowest BCUT2D eigenvalue weighted by atomic mass is 9.96. The van der Waals surface area contributed by atoms with E-state index in [0.717, 1.165) is 12.1 Å². The number of rotatable bonds is 8. The minimum absolute atomic E-state index is 0.0177. The molecule has 4 rings (SSSR count). The summed E-state index contributed by atoms with van der Waals surface area (Å²) in [6, 6.07) is 10.1. The van der Waals surface area contributed by atoms with E-state index in [4.69, 9.17) is 10.5 Å². The third-order valence-electron chi connectivity index (χ3n) is 6.26. The van der Waals surface area contributed by atoms with Gasteiger partial charge in [0.2, 0.25) is 12.2 Å². The van der Waals surface area contributed by atoms with E-state index in [-0.39, 0.29) is 39.6 Å². The van der Waals surface area contributed by atoms with E-state index < -0.39 is 30.4 Å². The Balaban J connectivity index is 1.99. The van der Waals surface area contributed by atoms with E-state index in [1.54, 1.807) is 16.9 Å². The minimum atomic E-state index is -3.43. The van der Waals surface area contributed by atoms with Gasteiger partial charge in [-0.05, 0) is 42.0 Å². The average Bonchev–Trinajstić information content (AvgIpc) is 3.26. The number of hydrogen-bond donors (Lipinski definition) is 3. The Morgan fingerprint density at radius 1 is 1.22 bits per heavy atom. The lowest BCUT2D eigenvalue weighted by molar-refractivity contribution is -0.111. The molecule has 1 unspecified atom stereocenters. The van der Waals surface area contributed by atoms with Crippen molar-refractivity contribution in [3.63, 3.8) is 0 Å². The van der Waals surface area contributed by atoms with Gasteiger partial charge in [0.1, 0.15) is 23.5 Å². The van der Waals surface area contributed by atoms with Crippen LogP contribution in [-0.4, -0.2) is 41.2 Å². The third kappa shape index (κ3) is 5.27. The van der Waals surface area contributed by atoms with Crippen molar-refractivity contribution in [1.29, 1.82) is 5.26 Å². The van der Waals surface area contributed by atoms with Crippen molar-refractivity contribution >= 4 is 34.2 Å². The minimum Gasteiger partial charge on any atom is -0.496 e. The maximum Gasteiger partial charge on any atom is 0.287 e. The van der Waals surface area contributed by atoms with Crippen LogP contribution < -0.4 is 21.1 Å². The number of nitriles is 1. The van der Waals surface area contributed by atoms with Gasteiger partial charge in [0.05, 0.1) is 34.8 Å². The number of methoxy groups -OCH3 is 1. The number of hydrogen-bond acceptors (Lipinski definition) is 6. The van der Waals surface area contributed by atoms with Crippen LogP contribution in [0.15, 0.2) is 55.3 Å². The van der Waals surface area contributed by atoms with Crippen LogP contribution in [0.5, 0.6) is 5.75 Å². The Bertz CT molecular complexity index is 1750. The number of carbonyl (C=O) groups excluding carboxylic acids is 2. The van der Waals surface area contributed by atoms with Crippen LogP contribution in [0.1, 0.15) is 15.9 Å². The monoisotopic (exact) mass is 566 g/mol. The number of nitrogen functional groups attached to an aromatic ring is 1. The molecule has 0 spiro atoms. The Kier molecular flexibility index (Phi) is 7.95. The van der Waals surface area contributed by atoms with Crippen molar-refractivity contribution in [3.8, 4) is 34.2 Å². The van der Waals surface area contributed by atoms with Gasteiger partial charge in [-0.1, -0.05) is 12.6 Å². The summed E-state index contributed by atoms with van der Waals surface area (Å²) in [7, 11) is 2.82. The Morgan fingerprint density at radius 3 is 2.56 bits per heavy atom. The van der Waals surface area contributed by atoms with Crippen LogP contribution in [0.3, 0.4) is 0 Å². The quantitative estimate of drug-likeness (QED) is 0.157. The van der Waals surface area contributed by atoms with Crippen molar-refractivity contribution in [1.82, 2.24) is 14.9 Å². The molecule has 0 fully saturated rings. The molecule has 13 heteroatoms. The summed E-state index contributed by atoms with van der Waals surface area (Å²) < 4.78 is 61.3.